The average Bonchev–Trinajstić information content (AvgIpc) is 2.48. The number of piperazine rings is 1. The van der Waals surface area contributed by atoms with E-state index < -0.39 is 5.82 Å². The highest BCUT2D eigenvalue weighted by atomic mass is 35.5. The minimum Gasteiger partial charge on any atom is -0.336 e. The Morgan fingerprint density at radius 3 is 2.57 bits per heavy atom. The van der Waals surface area contributed by atoms with Crippen molar-refractivity contribution < 1.29 is 9.18 Å². The van der Waals surface area contributed by atoms with Gasteiger partial charge in [0.05, 0.1) is 5.56 Å². The van der Waals surface area contributed by atoms with Crippen molar-refractivity contribution in [1.82, 2.24) is 9.80 Å². The summed E-state index contributed by atoms with van der Waals surface area (Å²) in [6, 6.07) is 4.21. The molecule has 1 fully saturated rings. The van der Waals surface area contributed by atoms with Crippen molar-refractivity contribution in [2.75, 3.05) is 32.7 Å². The smallest absolute Gasteiger partial charge is 0.256 e. The number of halogens is 2. The van der Waals surface area contributed by atoms with Crippen molar-refractivity contribution in [2.45, 2.75) is 26.2 Å². The molecule has 0 bridgehead atoms. The highest BCUT2D eigenvalue weighted by molar-refractivity contribution is 6.30. The maximum atomic E-state index is 13.8. The van der Waals surface area contributed by atoms with Gasteiger partial charge >= 0.3 is 0 Å². The number of nitrogens with zero attached hydrogens (tertiary/aromatic N) is 2. The summed E-state index contributed by atoms with van der Waals surface area (Å²) in [5.41, 5.74) is 0.110. The Balaban J connectivity index is 1.88. The SMILES string of the molecule is CCCCCN1CCN(C(=O)c2ccc(Cl)cc2F)CC1. The number of unbranched alkanes of at least 4 members (excludes halogenated alkanes) is 2. The summed E-state index contributed by atoms with van der Waals surface area (Å²) in [5, 5.41) is 0.310. The number of amides is 1. The average molecular weight is 313 g/mol. The summed E-state index contributed by atoms with van der Waals surface area (Å²) in [6.07, 6.45) is 3.67. The molecule has 0 atom stereocenters. The third-order valence-electron chi connectivity index (χ3n) is 3.90. The van der Waals surface area contributed by atoms with Crippen LogP contribution in [0.3, 0.4) is 0 Å². The fourth-order valence-electron chi connectivity index (χ4n) is 2.59. The molecule has 1 heterocycles. The van der Waals surface area contributed by atoms with E-state index in [9.17, 15) is 9.18 Å². The molecule has 0 spiro atoms. The lowest BCUT2D eigenvalue weighted by molar-refractivity contribution is 0.0631. The van der Waals surface area contributed by atoms with Crippen LogP contribution in [-0.2, 0) is 0 Å². The zero-order chi connectivity index (χ0) is 15.2. The first-order valence-electron chi connectivity index (χ1n) is 7.58. The minimum absolute atomic E-state index is 0.110. The van der Waals surface area contributed by atoms with E-state index in [1.807, 2.05) is 0 Å². The van der Waals surface area contributed by atoms with Crippen LogP contribution in [0, 0.1) is 5.82 Å². The van der Waals surface area contributed by atoms with Gasteiger partial charge < -0.3 is 4.90 Å². The standard InChI is InChI=1S/C16H22ClFN2O/c1-2-3-4-7-19-8-10-20(11-9-19)16(21)14-6-5-13(17)12-15(14)18/h5-6,12H,2-4,7-11H2,1H3. The van der Waals surface area contributed by atoms with Crippen molar-refractivity contribution in [2.24, 2.45) is 0 Å². The van der Waals surface area contributed by atoms with Crippen LogP contribution in [0.5, 0.6) is 0 Å². The molecule has 0 unspecified atom stereocenters. The maximum absolute atomic E-state index is 13.8. The molecule has 1 saturated heterocycles. The van der Waals surface area contributed by atoms with Gasteiger partial charge in [-0.05, 0) is 31.2 Å². The molecule has 3 nitrogen and oxygen atoms in total. The number of benzene rings is 1. The van der Waals surface area contributed by atoms with Gasteiger partial charge in [-0.2, -0.15) is 0 Å². The quantitative estimate of drug-likeness (QED) is 0.778. The van der Waals surface area contributed by atoms with Gasteiger partial charge in [-0.15, -0.1) is 0 Å². The van der Waals surface area contributed by atoms with Gasteiger partial charge in [-0.3, -0.25) is 9.69 Å². The van der Waals surface area contributed by atoms with Crippen LogP contribution >= 0.6 is 11.6 Å². The molecule has 2 rings (SSSR count). The molecule has 1 aromatic rings. The first-order valence-corrected chi connectivity index (χ1v) is 7.96. The van der Waals surface area contributed by atoms with E-state index in [4.69, 9.17) is 11.6 Å². The fourth-order valence-corrected chi connectivity index (χ4v) is 2.75. The van der Waals surface area contributed by atoms with Crippen LogP contribution in [0.1, 0.15) is 36.5 Å². The van der Waals surface area contributed by atoms with E-state index in [0.29, 0.717) is 18.1 Å². The summed E-state index contributed by atoms with van der Waals surface area (Å²) in [7, 11) is 0. The molecule has 0 N–H and O–H groups in total. The number of rotatable bonds is 5. The Hall–Kier alpha value is -1.13. The predicted molar refractivity (Wildman–Crippen MR) is 83.3 cm³/mol. The molecule has 1 aliphatic rings. The molecule has 0 aliphatic carbocycles. The van der Waals surface area contributed by atoms with Crippen LogP contribution in [0.2, 0.25) is 5.02 Å². The van der Waals surface area contributed by atoms with Crippen LogP contribution in [0.4, 0.5) is 4.39 Å². The highest BCUT2D eigenvalue weighted by Crippen LogP contribution is 2.17. The third-order valence-corrected chi connectivity index (χ3v) is 4.13. The second-order valence-corrected chi connectivity index (χ2v) is 5.90. The Kier molecular flexibility index (Phi) is 6.00. The first-order chi connectivity index (χ1) is 10.1. The van der Waals surface area contributed by atoms with Crippen molar-refractivity contribution in [3.05, 3.63) is 34.6 Å². The maximum Gasteiger partial charge on any atom is 0.256 e. The van der Waals surface area contributed by atoms with Crippen molar-refractivity contribution in [3.8, 4) is 0 Å². The van der Waals surface area contributed by atoms with Gasteiger partial charge in [-0.25, -0.2) is 4.39 Å². The molecule has 5 heteroatoms. The molecule has 21 heavy (non-hydrogen) atoms. The van der Waals surface area contributed by atoms with E-state index in [1.54, 1.807) is 11.0 Å². The molecule has 0 radical (unpaired) electrons. The van der Waals surface area contributed by atoms with E-state index in [2.05, 4.69) is 11.8 Å². The zero-order valence-electron chi connectivity index (χ0n) is 12.4. The lowest BCUT2D eigenvalue weighted by Gasteiger charge is -2.34. The predicted octanol–water partition coefficient (Wildman–Crippen LogP) is 3.43. The fraction of sp³-hybridized carbons (Fsp3) is 0.562. The monoisotopic (exact) mass is 312 g/mol. The molecule has 1 amide bonds. The van der Waals surface area contributed by atoms with E-state index >= 15 is 0 Å². The second-order valence-electron chi connectivity index (χ2n) is 5.47. The summed E-state index contributed by atoms with van der Waals surface area (Å²) < 4.78 is 13.8. The minimum atomic E-state index is -0.544. The molecule has 0 aromatic heterocycles. The van der Waals surface area contributed by atoms with E-state index in [-0.39, 0.29) is 11.5 Å². The van der Waals surface area contributed by atoms with Gasteiger partial charge in [0.25, 0.3) is 5.91 Å². The zero-order valence-corrected chi connectivity index (χ0v) is 13.2. The normalized spacial score (nSPS) is 16.2. The van der Waals surface area contributed by atoms with Crippen LogP contribution in [-0.4, -0.2) is 48.4 Å². The van der Waals surface area contributed by atoms with Crippen molar-refractivity contribution >= 4 is 17.5 Å². The van der Waals surface area contributed by atoms with Crippen molar-refractivity contribution in [3.63, 3.8) is 0 Å². The van der Waals surface area contributed by atoms with E-state index in [0.717, 1.165) is 19.6 Å². The Labute approximate surface area is 130 Å². The van der Waals surface area contributed by atoms with Crippen LogP contribution < -0.4 is 0 Å². The molecule has 1 aliphatic heterocycles. The molecule has 116 valence electrons. The number of carbonyl (C=O) groups excluding carboxylic acids is 1. The highest BCUT2D eigenvalue weighted by Gasteiger charge is 2.23. The van der Waals surface area contributed by atoms with Crippen LogP contribution in [0.15, 0.2) is 18.2 Å². The van der Waals surface area contributed by atoms with E-state index in [1.165, 1.54) is 31.4 Å². The third kappa shape index (κ3) is 4.42. The van der Waals surface area contributed by atoms with Gasteiger partial charge in [0.15, 0.2) is 0 Å². The summed E-state index contributed by atoms with van der Waals surface area (Å²) >= 11 is 5.72. The van der Waals surface area contributed by atoms with Gasteiger partial charge in [-0.1, -0.05) is 31.4 Å². The lowest BCUT2D eigenvalue weighted by atomic mass is 10.1. The largest absolute Gasteiger partial charge is 0.336 e. The van der Waals surface area contributed by atoms with Gasteiger partial charge in [0.2, 0.25) is 0 Å². The number of hydrogen-bond donors (Lipinski definition) is 0. The number of hydrogen-bond acceptors (Lipinski definition) is 2. The Bertz CT molecular complexity index is 487. The van der Waals surface area contributed by atoms with Crippen LogP contribution in [0.25, 0.3) is 0 Å². The Morgan fingerprint density at radius 2 is 1.95 bits per heavy atom. The molecule has 0 saturated carbocycles. The summed E-state index contributed by atoms with van der Waals surface area (Å²) in [6.45, 7) is 6.33. The Morgan fingerprint density at radius 1 is 1.24 bits per heavy atom. The molecule has 1 aromatic carbocycles. The molecular formula is C16H22ClFN2O. The van der Waals surface area contributed by atoms with Crippen molar-refractivity contribution in [1.29, 1.82) is 0 Å². The second kappa shape index (κ2) is 7.76. The van der Waals surface area contributed by atoms with Gasteiger partial charge in [0, 0.05) is 31.2 Å². The number of carbonyl (C=O) groups is 1. The summed E-state index contributed by atoms with van der Waals surface area (Å²) in [4.78, 5) is 16.4. The van der Waals surface area contributed by atoms with Gasteiger partial charge in [0.1, 0.15) is 5.82 Å². The lowest BCUT2D eigenvalue weighted by Crippen LogP contribution is -2.49. The first kappa shape index (κ1) is 16.2. The topological polar surface area (TPSA) is 23.6 Å². The molecular weight excluding hydrogens is 291 g/mol. The summed E-state index contributed by atoms with van der Waals surface area (Å²) in [5.74, 6) is -0.782.